The van der Waals surface area contributed by atoms with Crippen LogP contribution in [0.1, 0.15) is 22.9 Å². The molecule has 0 radical (unpaired) electrons. The molecule has 130 valence electrons. The molecule has 0 atom stereocenters. The number of thiophene rings is 1. The van der Waals surface area contributed by atoms with Crippen LogP contribution in [0.3, 0.4) is 0 Å². The first kappa shape index (κ1) is 16.3. The van der Waals surface area contributed by atoms with Crippen LogP contribution in [0.4, 0.5) is 11.4 Å². The van der Waals surface area contributed by atoms with Crippen LogP contribution in [0.15, 0.2) is 29.6 Å². The van der Waals surface area contributed by atoms with Gasteiger partial charge in [-0.25, -0.2) is 0 Å². The number of amides is 2. The molecule has 6 heteroatoms. The minimum Gasteiger partial charge on any atom is -0.325 e. The van der Waals surface area contributed by atoms with E-state index in [0.717, 1.165) is 49.4 Å². The molecule has 1 N–H and O–H groups in total. The van der Waals surface area contributed by atoms with Crippen molar-refractivity contribution in [2.75, 3.05) is 29.9 Å². The Morgan fingerprint density at radius 3 is 2.88 bits per heavy atom. The van der Waals surface area contributed by atoms with Crippen LogP contribution in [0.2, 0.25) is 0 Å². The number of carbonyl (C=O) groups excluding carboxylic acids is 2. The van der Waals surface area contributed by atoms with Crippen LogP contribution in [0, 0.1) is 0 Å². The van der Waals surface area contributed by atoms with Gasteiger partial charge in [0, 0.05) is 42.8 Å². The fraction of sp³-hybridized carbons (Fsp3) is 0.368. The van der Waals surface area contributed by atoms with E-state index in [0.29, 0.717) is 6.54 Å². The van der Waals surface area contributed by atoms with Crippen molar-refractivity contribution in [3.8, 4) is 0 Å². The molecule has 3 heterocycles. The van der Waals surface area contributed by atoms with E-state index in [1.54, 1.807) is 11.8 Å². The fourth-order valence-electron chi connectivity index (χ4n) is 3.65. The Kier molecular flexibility index (Phi) is 4.31. The van der Waals surface area contributed by atoms with Gasteiger partial charge < -0.3 is 10.2 Å². The molecule has 0 aliphatic carbocycles. The third-order valence-corrected chi connectivity index (χ3v) is 5.92. The van der Waals surface area contributed by atoms with Crippen LogP contribution in [-0.4, -0.2) is 36.3 Å². The molecule has 1 aromatic carbocycles. The van der Waals surface area contributed by atoms with Crippen LogP contribution in [0.25, 0.3) is 0 Å². The van der Waals surface area contributed by atoms with Gasteiger partial charge in [-0.1, -0.05) is 0 Å². The minimum atomic E-state index is 0.0139. The standard InChI is InChI=1S/C19H21N3O2S/c1-13(23)22-8-4-14-10-16(2-3-17(14)22)20-19(24)12-21-7-5-18-15(11-21)6-9-25-18/h2-3,6,9-10H,4-5,7-8,11-12H2,1H3,(H,20,24). The number of benzene rings is 1. The van der Waals surface area contributed by atoms with Gasteiger partial charge in [0.2, 0.25) is 11.8 Å². The first-order valence-corrected chi connectivity index (χ1v) is 9.46. The summed E-state index contributed by atoms with van der Waals surface area (Å²) in [6.07, 6.45) is 1.87. The zero-order chi connectivity index (χ0) is 17.4. The zero-order valence-electron chi connectivity index (χ0n) is 14.2. The average molecular weight is 355 g/mol. The van der Waals surface area contributed by atoms with Crippen LogP contribution < -0.4 is 10.2 Å². The Bertz CT molecular complexity index is 830. The van der Waals surface area contributed by atoms with Gasteiger partial charge in [0.1, 0.15) is 0 Å². The van der Waals surface area contributed by atoms with Crippen LogP contribution >= 0.6 is 11.3 Å². The average Bonchev–Trinajstić information content (AvgIpc) is 3.20. The molecule has 0 fully saturated rings. The molecule has 4 rings (SSSR count). The van der Waals surface area contributed by atoms with Gasteiger partial charge >= 0.3 is 0 Å². The molecule has 0 unspecified atom stereocenters. The molecule has 25 heavy (non-hydrogen) atoms. The Morgan fingerprint density at radius 2 is 2.04 bits per heavy atom. The SMILES string of the molecule is CC(=O)N1CCc2cc(NC(=O)CN3CCc4sccc4C3)ccc21. The Hall–Kier alpha value is -2.18. The number of hydrogen-bond donors (Lipinski definition) is 1. The lowest BCUT2D eigenvalue weighted by Crippen LogP contribution is -2.36. The molecule has 2 amide bonds. The molecule has 0 saturated heterocycles. The maximum absolute atomic E-state index is 12.4. The molecule has 0 bridgehead atoms. The van der Waals surface area contributed by atoms with E-state index < -0.39 is 0 Å². The van der Waals surface area contributed by atoms with E-state index in [2.05, 4.69) is 21.7 Å². The second-order valence-electron chi connectivity index (χ2n) is 6.64. The van der Waals surface area contributed by atoms with Crippen molar-refractivity contribution in [3.05, 3.63) is 45.6 Å². The topological polar surface area (TPSA) is 52.7 Å². The highest BCUT2D eigenvalue weighted by Crippen LogP contribution is 2.30. The highest BCUT2D eigenvalue weighted by Gasteiger charge is 2.23. The van der Waals surface area contributed by atoms with Crippen molar-refractivity contribution in [1.82, 2.24) is 4.90 Å². The van der Waals surface area contributed by atoms with E-state index in [9.17, 15) is 9.59 Å². The summed E-state index contributed by atoms with van der Waals surface area (Å²) in [7, 11) is 0. The predicted octanol–water partition coefficient (Wildman–Crippen LogP) is 2.65. The molecular formula is C19H21N3O2S. The van der Waals surface area contributed by atoms with Crippen molar-refractivity contribution in [2.45, 2.75) is 26.3 Å². The lowest BCUT2D eigenvalue weighted by atomic mass is 10.1. The number of nitrogens with one attached hydrogen (secondary N) is 1. The molecule has 2 aliphatic heterocycles. The van der Waals surface area contributed by atoms with E-state index in [4.69, 9.17) is 0 Å². The maximum Gasteiger partial charge on any atom is 0.238 e. The summed E-state index contributed by atoms with van der Waals surface area (Å²) < 4.78 is 0. The van der Waals surface area contributed by atoms with E-state index in [1.807, 2.05) is 29.5 Å². The van der Waals surface area contributed by atoms with Crippen LogP contribution in [0.5, 0.6) is 0 Å². The van der Waals surface area contributed by atoms with E-state index >= 15 is 0 Å². The highest BCUT2D eigenvalue weighted by atomic mass is 32.1. The van der Waals surface area contributed by atoms with Crippen molar-refractivity contribution < 1.29 is 9.59 Å². The van der Waals surface area contributed by atoms with Gasteiger partial charge in [-0.05, 0) is 53.6 Å². The molecule has 0 saturated carbocycles. The summed E-state index contributed by atoms with van der Waals surface area (Å²) in [6.45, 7) is 4.50. The summed E-state index contributed by atoms with van der Waals surface area (Å²) >= 11 is 1.81. The van der Waals surface area contributed by atoms with Gasteiger partial charge in [-0.3, -0.25) is 14.5 Å². The highest BCUT2D eigenvalue weighted by molar-refractivity contribution is 7.10. The van der Waals surface area contributed by atoms with Gasteiger partial charge in [-0.2, -0.15) is 0 Å². The lowest BCUT2D eigenvalue weighted by molar-refractivity contribution is -0.118. The monoisotopic (exact) mass is 355 g/mol. The first-order valence-electron chi connectivity index (χ1n) is 8.58. The normalized spacial score (nSPS) is 16.4. The summed E-state index contributed by atoms with van der Waals surface area (Å²) in [5.74, 6) is 0.0773. The maximum atomic E-state index is 12.4. The molecule has 0 spiro atoms. The fourth-order valence-corrected chi connectivity index (χ4v) is 4.54. The number of fused-ring (bicyclic) bond motifs is 2. The summed E-state index contributed by atoms with van der Waals surface area (Å²) in [4.78, 5) is 29.4. The molecule has 1 aromatic heterocycles. The van der Waals surface area contributed by atoms with E-state index in [1.165, 1.54) is 10.4 Å². The van der Waals surface area contributed by atoms with Crippen molar-refractivity contribution >= 4 is 34.5 Å². The van der Waals surface area contributed by atoms with Crippen molar-refractivity contribution in [1.29, 1.82) is 0 Å². The third kappa shape index (κ3) is 3.32. The van der Waals surface area contributed by atoms with Gasteiger partial charge in [0.15, 0.2) is 0 Å². The second kappa shape index (κ2) is 6.61. The minimum absolute atomic E-state index is 0.0139. The number of hydrogen-bond acceptors (Lipinski definition) is 4. The van der Waals surface area contributed by atoms with E-state index in [-0.39, 0.29) is 11.8 Å². The number of anilines is 2. The van der Waals surface area contributed by atoms with Crippen molar-refractivity contribution in [3.63, 3.8) is 0 Å². The summed E-state index contributed by atoms with van der Waals surface area (Å²) in [6, 6.07) is 7.96. The van der Waals surface area contributed by atoms with Gasteiger partial charge in [0.05, 0.1) is 6.54 Å². The molecule has 2 aromatic rings. The Morgan fingerprint density at radius 1 is 1.16 bits per heavy atom. The summed E-state index contributed by atoms with van der Waals surface area (Å²) in [5.41, 5.74) is 4.24. The van der Waals surface area contributed by atoms with Crippen LogP contribution in [-0.2, 0) is 29.0 Å². The first-order chi connectivity index (χ1) is 12.1. The Labute approximate surface area is 151 Å². The molecular weight excluding hydrogens is 334 g/mol. The number of nitrogens with zero attached hydrogens (tertiary/aromatic N) is 2. The molecule has 5 nitrogen and oxygen atoms in total. The lowest BCUT2D eigenvalue weighted by Gasteiger charge is -2.26. The van der Waals surface area contributed by atoms with Crippen molar-refractivity contribution in [2.24, 2.45) is 0 Å². The second-order valence-corrected chi connectivity index (χ2v) is 7.64. The third-order valence-electron chi connectivity index (χ3n) is 4.89. The quantitative estimate of drug-likeness (QED) is 0.921. The largest absolute Gasteiger partial charge is 0.325 e. The zero-order valence-corrected chi connectivity index (χ0v) is 15.1. The molecule has 2 aliphatic rings. The smallest absolute Gasteiger partial charge is 0.238 e. The number of rotatable bonds is 3. The van der Waals surface area contributed by atoms with Gasteiger partial charge in [0.25, 0.3) is 0 Å². The summed E-state index contributed by atoms with van der Waals surface area (Å²) in [5, 5.41) is 5.13. The van der Waals surface area contributed by atoms with Gasteiger partial charge in [-0.15, -0.1) is 11.3 Å². The Balaban J connectivity index is 1.38. The predicted molar refractivity (Wildman–Crippen MR) is 100 cm³/mol. The number of carbonyl (C=O) groups is 2.